The SMILES string of the molecule is CCC(C)NC1=NC(NC)N(C)C=C1C#N. The molecular weight excluding hydrogens is 202 g/mol. The van der Waals surface area contributed by atoms with Crippen molar-refractivity contribution in [3.8, 4) is 6.07 Å². The first-order valence-corrected chi connectivity index (χ1v) is 5.48. The van der Waals surface area contributed by atoms with Gasteiger partial charge in [0.05, 0.1) is 0 Å². The molecule has 0 aromatic rings. The van der Waals surface area contributed by atoms with Gasteiger partial charge in [-0.15, -0.1) is 0 Å². The van der Waals surface area contributed by atoms with E-state index in [2.05, 4.69) is 35.5 Å². The van der Waals surface area contributed by atoms with Crippen molar-refractivity contribution < 1.29 is 0 Å². The highest BCUT2D eigenvalue weighted by molar-refractivity contribution is 6.02. The molecule has 5 heteroatoms. The smallest absolute Gasteiger partial charge is 0.177 e. The van der Waals surface area contributed by atoms with Crippen LogP contribution >= 0.6 is 0 Å². The molecule has 0 aromatic carbocycles. The molecule has 1 heterocycles. The molecule has 0 amide bonds. The lowest BCUT2D eigenvalue weighted by molar-refractivity contribution is 0.295. The van der Waals surface area contributed by atoms with Crippen molar-refractivity contribution in [2.75, 3.05) is 14.1 Å². The Morgan fingerprint density at radius 1 is 1.69 bits per heavy atom. The fourth-order valence-electron chi connectivity index (χ4n) is 1.42. The maximum Gasteiger partial charge on any atom is 0.177 e. The summed E-state index contributed by atoms with van der Waals surface area (Å²) in [6.07, 6.45) is 2.69. The third-order valence-corrected chi connectivity index (χ3v) is 2.60. The molecule has 0 saturated heterocycles. The topological polar surface area (TPSA) is 63.5 Å². The van der Waals surface area contributed by atoms with Crippen LogP contribution in [-0.2, 0) is 0 Å². The molecule has 16 heavy (non-hydrogen) atoms. The summed E-state index contributed by atoms with van der Waals surface area (Å²) in [4.78, 5) is 6.33. The Morgan fingerprint density at radius 2 is 2.38 bits per heavy atom. The minimum atomic E-state index is -0.108. The summed E-state index contributed by atoms with van der Waals surface area (Å²) in [5.41, 5.74) is 0.578. The van der Waals surface area contributed by atoms with E-state index in [4.69, 9.17) is 5.26 Å². The van der Waals surface area contributed by atoms with Crippen molar-refractivity contribution in [1.82, 2.24) is 15.5 Å². The van der Waals surface area contributed by atoms with Gasteiger partial charge in [-0.2, -0.15) is 5.26 Å². The van der Waals surface area contributed by atoms with Crippen LogP contribution in [0.4, 0.5) is 0 Å². The van der Waals surface area contributed by atoms with E-state index in [1.54, 1.807) is 6.20 Å². The molecule has 1 aliphatic heterocycles. The number of nitrogens with zero attached hydrogens (tertiary/aromatic N) is 3. The molecule has 1 rings (SSSR count). The van der Waals surface area contributed by atoms with E-state index in [1.165, 1.54) is 0 Å². The van der Waals surface area contributed by atoms with Crippen LogP contribution in [-0.4, -0.2) is 37.2 Å². The van der Waals surface area contributed by atoms with Crippen LogP contribution < -0.4 is 10.6 Å². The highest BCUT2D eigenvalue weighted by Crippen LogP contribution is 2.10. The highest BCUT2D eigenvalue weighted by atomic mass is 15.4. The molecule has 0 bridgehead atoms. The Kier molecular flexibility index (Phi) is 4.32. The zero-order valence-electron chi connectivity index (χ0n) is 10.3. The van der Waals surface area contributed by atoms with Gasteiger partial charge >= 0.3 is 0 Å². The van der Waals surface area contributed by atoms with Gasteiger partial charge in [-0.1, -0.05) is 6.92 Å². The molecule has 2 atom stereocenters. The first-order chi connectivity index (χ1) is 7.62. The van der Waals surface area contributed by atoms with E-state index >= 15 is 0 Å². The Labute approximate surface area is 96.8 Å². The Hall–Kier alpha value is -1.54. The van der Waals surface area contributed by atoms with Crippen molar-refractivity contribution in [2.24, 2.45) is 4.99 Å². The number of aliphatic imine (C=N–C) groups is 1. The molecule has 0 fully saturated rings. The van der Waals surface area contributed by atoms with Gasteiger partial charge in [0.15, 0.2) is 6.29 Å². The van der Waals surface area contributed by atoms with Gasteiger partial charge in [0.1, 0.15) is 17.5 Å². The minimum Gasteiger partial charge on any atom is -0.367 e. The largest absolute Gasteiger partial charge is 0.367 e. The third-order valence-electron chi connectivity index (χ3n) is 2.60. The monoisotopic (exact) mass is 221 g/mol. The lowest BCUT2D eigenvalue weighted by Crippen LogP contribution is -2.45. The second kappa shape index (κ2) is 5.52. The number of nitrogens with one attached hydrogen (secondary N) is 2. The van der Waals surface area contributed by atoms with E-state index < -0.39 is 0 Å². The zero-order valence-corrected chi connectivity index (χ0v) is 10.3. The number of hydrogen-bond donors (Lipinski definition) is 2. The van der Waals surface area contributed by atoms with Gasteiger partial charge in [0, 0.05) is 19.3 Å². The van der Waals surface area contributed by atoms with Crippen LogP contribution in [0.25, 0.3) is 0 Å². The van der Waals surface area contributed by atoms with Gasteiger partial charge in [0.2, 0.25) is 0 Å². The molecule has 5 nitrogen and oxygen atoms in total. The predicted octanol–water partition coefficient (Wildman–Crippen LogP) is 0.629. The van der Waals surface area contributed by atoms with Crippen molar-refractivity contribution in [3.63, 3.8) is 0 Å². The fraction of sp³-hybridized carbons (Fsp3) is 0.636. The van der Waals surface area contributed by atoms with E-state index in [0.717, 1.165) is 6.42 Å². The van der Waals surface area contributed by atoms with E-state index in [0.29, 0.717) is 17.5 Å². The third kappa shape index (κ3) is 2.74. The number of amidine groups is 1. The molecule has 2 N–H and O–H groups in total. The fourth-order valence-corrected chi connectivity index (χ4v) is 1.42. The van der Waals surface area contributed by atoms with Gasteiger partial charge in [-0.05, 0) is 20.4 Å². The normalized spacial score (nSPS) is 21.9. The van der Waals surface area contributed by atoms with Crippen molar-refractivity contribution in [2.45, 2.75) is 32.6 Å². The molecule has 1 aliphatic rings. The Bertz CT molecular complexity index is 339. The summed E-state index contributed by atoms with van der Waals surface area (Å²) in [7, 11) is 3.73. The lowest BCUT2D eigenvalue weighted by Gasteiger charge is -2.29. The summed E-state index contributed by atoms with van der Waals surface area (Å²) in [6.45, 7) is 4.17. The van der Waals surface area contributed by atoms with Crippen molar-refractivity contribution >= 4 is 5.84 Å². The van der Waals surface area contributed by atoms with E-state index in [9.17, 15) is 0 Å². The van der Waals surface area contributed by atoms with Crippen LogP contribution in [0, 0.1) is 11.3 Å². The summed E-state index contributed by atoms with van der Waals surface area (Å²) in [5.74, 6) is 0.675. The maximum atomic E-state index is 9.04. The highest BCUT2D eigenvalue weighted by Gasteiger charge is 2.20. The van der Waals surface area contributed by atoms with Gasteiger partial charge in [0.25, 0.3) is 0 Å². The number of hydrogen-bond acceptors (Lipinski definition) is 5. The molecule has 2 unspecified atom stereocenters. The predicted molar refractivity (Wildman–Crippen MR) is 64.6 cm³/mol. The second-order valence-electron chi connectivity index (χ2n) is 3.91. The molecular formula is C11H19N5. The zero-order chi connectivity index (χ0) is 12.1. The number of rotatable bonds is 3. The minimum absolute atomic E-state index is 0.108. The van der Waals surface area contributed by atoms with E-state index in [1.807, 2.05) is 19.0 Å². The Morgan fingerprint density at radius 3 is 2.88 bits per heavy atom. The molecule has 0 aliphatic carbocycles. The van der Waals surface area contributed by atoms with Crippen LogP contribution in [0.5, 0.6) is 0 Å². The summed E-state index contributed by atoms with van der Waals surface area (Å²) in [5, 5.41) is 15.3. The average molecular weight is 221 g/mol. The summed E-state index contributed by atoms with van der Waals surface area (Å²) in [6, 6.07) is 2.47. The first kappa shape index (κ1) is 12.5. The maximum absolute atomic E-state index is 9.04. The Balaban J connectivity index is 2.86. The van der Waals surface area contributed by atoms with Crippen molar-refractivity contribution in [3.05, 3.63) is 11.8 Å². The molecule has 88 valence electrons. The lowest BCUT2D eigenvalue weighted by atomic mass is 10.2. The summed E-state index contributed by atoms with van der Waals surface area (Å²) < 4.78 is 0. The number of nitriles is 1. The van der Waals surface area contributed by atoms with Crippen LogP contribution in [0.2, 0.25) is 0 Å². The first-order valence-electron chi connectivity index (χ1n) is 5.48. The molecule has 0 aromatic heterocycles. The van der Waals surface area contributed by atoms with Gasteiger partial charge in [-0.3, -0.25) is 5.32 Å². The van der Waals surface area contributed by atoms with Crippen LogP contribution in [0.3, 0.4) is 0 Å². The van der Waals surface area contributed by atoms with E-state index in [-0.39, 0.29) is 6.29 Å². The van der Waals surface area contributed by atoms with Crippen molar-refractivity contribution in [1.29, 1.82) is 5.26 Å². The van der Waals surface area contributed by atoms with Gasteiger partial charge < -0.3 is 10.2 Å². The second-order valence-corrected chi connectivity index (χ2v) is 3.91. The quantitative estimate of drug-likeness (QED) is 0.733. The molecule has 0 radical (unpaired) electrons. The van der Waals surface area contributed by atoms with Gasteiger partial charge in [-0.25, -0.2) is 4.99 Å². The van der Waals surface area contributed by atoms with Crippen LogP contribution in [0.15, 0.2) is 16.8 Å². The van der Waals surface area contributed by atoms with Crippen LogP contribution in [0.1, 0.15) is 20.3 Å². The summed E-state index contributed by atoms with van der Waals surface area (Å²) >= 11 is 0. The standard InChI is InChI=1S/C11H19N5/c1-5-8(2)14-10-9(6-12)7-16(4)11(13-3)15-10/h7-8,11,13H,5H2,1-4H3,(H,14,15). The molecule has 0 saturated carbocycles. The molecule has 0 spiro atoms. The average Bonchev–Trinajstić information content (AvgIpc) is 2.30.